The van der Waals surface area contributed by atoms with Crippen LogP contribution in [0.2, 0.25) is 5.02 Å². The Bertz CT molecular complexity index is 516. The molecule has 19 heavy (non-hydrogen) atoms. The van der Waals surface area contributed by atoms with Gasteiger partial charge in [0.15, 0.2) is 0 Å². The van der Waals surface area contributed by atoms with Crippen LogP contribution in [0.15, 0.2) is 45.5 Å². The lowest BCUT2D eigenvalue weighted by atomic mass is 10.3. The minimum Gasteiger partial charge on any atom is -0.488 e. The SMILES string of the molecule is CC(CNCc1ccco1)Oc1ccc(Cl)cc1Br. The third kappa shape index (κ3) is 4.56. The number of hydrogen-bond acceptors (Lipinski definition) is 3. The molecule has 0 fully saturated rings. The summed E-state index contributed by atoms with van der Waals surface area (Å²) in [5.74, 6) is 1.71. The molecule has 0 aliphatic heterocycles. The maximum atomic E-state index is 5.89. The summed E-state index contributed by atoms with van der Waals surface area (Å²) < 4.78 is 11.9. The van der Waals surface area contributed by atoms with Crippen LogP contribution in [0, 0.1) is 0 Å². The molecule has 0 spiro atoms. The summed E-state index contributed by atoms with van der Waals surface area (Å²) in [6, 6.07) is 9.30. The lowest BCUT2D eigenvalue weighted by Crippen LogP contribution is -2.28. The van der Waals surface area contributed by atoms with Crippen molar-refractivity contribution in [2.24, 2.45) is 0 Å². The van der Waals surface area contributed by atoms with Gasteiger partial charge < -0.3 is 14.5 Å². The quantitative estimate of drug-likeness (QED) is 0.850. The summed E-state index contributed by atoms with van der Waals surface area (Å²) >= 11 is 9.32. The molecule has 1 N–H and O–H groups in total. The van der Waals surface area contributed by atoms with Crippen molar-refractivity contribution in [2.45, 2.75) is 19.6 Å². The summed E-state index contributed by atoms with van der Waals surface area (Å²) in [6.45, 7) is 3.44. The first-order valence-electron chi connectivity index (χ1n) is 6.00. The Hall–Kier alpha value is -0.970. The van der Waals surface area contributed by atoms with E-state index in [-0.39, 0.29) is 6.10 Å². The highest BCUT2D eigenvalue weighted by Crippen LogP contribution is 2.28. The van der Waals surface area contributed by atoms with E-state index in [0.29, 0.717) is 11.6 Å². The Kier molecular flexibility index (Phi) is 5.31. The van der Waals surface area contributed by atoms with E-state index in [9.17, 15) is 0 Å². The molecule has 0 amide bonds. The maximum Gasteiger partial charge on any atom is 0.134 e. The first kappa shape index (κ1) is 14.4. The van der Waals surface area contributed by atoms with Crippen LogP contribution in [0.1, 0.15) is 12.7 Å². The highest BCUT2D eigenvalue weighted by Gasteiger charge is 2.07. The number of halogens is 2. The van der Waals surface area contributed by atoms with Gasteiger partial charge in [-0.1, -0.05) is 11.6 Å². The lowest BCUT2D eigenvalue weighted by Gasteiger charge is -2.16. The van der Waals surface area contributed by atoms with Crippen LogP contribution in [0.3, 0.4) is 0 Å². The number of rotatable bonds is 6. The Morgan fingerprint density at radius 1 is 1.42 bits per heavy atom. The van der Waals surface area contributed by atoms with Crippen molar-refractivity contribution >= 4 is 27.5 Å². The number of hydrogen-bond donors (Lipinski definition) is 1. The third-order valence-corrected chi connectivity index (χ3v) is 3.39. The van der Waals surface area contributed by atoms with Crippen LogP contribution in [0.25, 0.3) is 0 Å². The second kappa shape index (κ2) is 6.98. The Labute approximate surface area is 126 Å². The van der Waals surface area contributed by atoms with E-state index in [1.165, 1.54) is 0 Å². The molecule has 0 saturated heterocycles. The summed E-state index contributed by atoms with van der Waals surface area (Å²) in [4.78, 5) is 0. The normalized spacial score (nSPS) is 12.4. The van der Waals surface area contributed by atoms with Gasteiger partial charge in [0.25, 0.3) is 0 Å². The van der Waals surface area contributed by atoms with Gasteiger partial charge in [0.2, 0.25) is 0 Å². The molecule has 0 bridgehead atoms. The number of nitrogens with one attached hydrogen (secondary N) is 1. The highest BCUT2D eigenvalue weighted by molar-refractivity contribution is 9.10. The predicted molar refractivity (Wildman–Crippen MR) is 79.7 cm³/mol. The molecule has 0 radical (unpaired) electrons. The van der Waals surface area contributed by atoms with Gasteiger partial charge in [0.05, 0.1) is 17.3 Å². The Morgan fingerprint density at radius 3 is 2.95 bits per heavy atom. The predicted octanol–water partition coefficient (Wildman–Crippen LogP) is 4.25. The van der Waals surface area contributed by atoms with Gasteiger partial charge in [0, 0.05) is 11.6 Å². The summed E-state index contributed by atoms with van der Waals surface area (Å²) in [5, 5.41) is 3.96. The molecule has 1 heterocycles. The smallest absolute Gasteiger partial charge is 0.134 e. The van der Waals surface area contributed by atoms with Crippen LogP contribution in [-0.4, -0.2) is 12.6 Å². The number of ether oxygens (including phenoxy) is 1. The van der Waals surface area contributed by atoms with Crippen molar-refractivity contribution in [1.29, 1.82) is 0 Å². The molecule has 102 valence electrons. The first-order chi connectivity index (χ1) is 9.15. The van der Waals surface area contributed by atoms with E-state index in [0.717, 1.165) is 22.5 Å². The van der Waals surface area contributed by atoms with Crippen LogP contribution in [-0.2, 0) is 6.54 Å². The van der Waals surface area contributed by atoms with Gasteiger partial charge in [-0.25, -0.2) is 0 Å². The minimum atomic E-state index is 0.0486. The van der Waals surface area contributed by atoms with Gasteiger partial charge in [-0.3, -0.25) is 0 Å². The van der Waals surface area contributed by atoms with E-state index in [4.69, 9.17) is 20.8 Å². The van der Waals surface area contributed by atoms with Gasteiger partial charge in [-0.05, 0) is 53.2 Å². The molecule has 1 aromatic carbocycles. The molecule has 1 aromatic heterocycles. The number of furan rings is 1. The van der Waals surface area contributed by atoms with E-state index in [1.807, 2.05) is 37.3 Å². The van der Waals surface area contributed by atoms with Gasteiger partial charge in [-0.2, -0.15) is 0 Å². The molecular weight excluding hydrogens is 330 g/mol. The first-order valence-corrected chi connectivity index (χ1v) is 7.17. The second-order valence-electron chi connectivity index (χ2n) is 4.21. The van der Waals surface area contributed by atoms with Crippen molar-refractivity contribution in [3.63, 3.8) is 0 Å². The molecule has 3 nitrogen and oxygen atoms in total. The average molecular weight is 345 g/mol. The summed E-state index contributed by atoms with van der Waals surface area (Å²) in [6.07, 6.45) is 1.72. The van der Waals surface area contributed by atoms with E-state index >= 15 is 0 Å². The zero-order chi connectivity index (χ0) is 13.7. The van der Waals surface area contributed by atoms with Crippen molar-refractivity contribution in [3.8, 4) is 5.75 Å². The molecule has 1 atom stereocenters. The van der Waals surface area contributed by atoms with Crippen LogP contribution >= 0.6 is 27.5 Å². The minimum absolute atomic E-state index is 0.0486. The standard InChI is InChI=1S/C14H15BrClNO2/c1-10(8-17-9-12-3-2-6-18-12)19-14-5-4-11(16)7-13(14)15/h2-7,10,17H,8-9H2,1H3. The van der Waals surface area contributed by atoms with Crippen molar-refractivity contribution in [1.82, 2.24) is 5.32 Å². The van der Waals surface area contributed by atoms with Gasteiger partial charge in [0.1, 0.15) is 17.6 Å². The van der Waals surface area contributed by atoms with Crippen molar-refractivity contribution in [3.05, 3.63) is 51.9 Å². The van der Waals surface area contributed by atoms with Gasteiger partial charge >= 0.3 is 0 Å². The fourth-order valence-corrected chi connectivity index (χ4v) is 2.42. The molecule has 2 aromatic rings. The Morgan fingerprint density at radius 2 is 2.26 bits per heavy atom. The van der Waals surface area contributed by atoms with Gasteiger partial charge in [-0.15, -0.1) is 0 Å². The molecule has 1 unspecified atom stereocenters. The van der Waals surface area contributed by atoms with Crippen LogP contribution in [0.5, 0.6) is 5.75 Å². The fraction of sp³-hybridized carbons (Fsp3) is 0.286. The van der Waals surface area contributed by atoms with E-state index < -0.39 is 0 Å². The molecule has 2 rings (SSSR count). The van der Waals surface area contributed by atoms with Crippen LogP contribution in [0.4, 0.5) is 0 Å². The highest BCUT2D eigenvalue weighted by atomic mass is 79.9. The summed E-state index contributed by atoms with van der Waals surface area (Å²) in [7, 11) is 0. The monoisotopic (exact) mass is 343 g/mol. The zero-order valence-corrected chi connectivity index (χ0v) is 12.9. The summed E-state index contributed by atoms with van der Waals surface area (Å²) in [5.41, 5.74) is 0. The topological polar surface area (TPSA) is 34.4 Å². The molecule has 0 saturated carbocycles. The third-order valence-electron chi connectivity index (χ3n) is 2.53. The average Bonchev–Trinajstić information content (AvgIpc) is 2.86. The molecule has 5 heteroatoms. The Balaban J connectivity index is 1.79. The molecular formula is C14H15BrClNO2. The lowest BCUT2D eigenvalue weighted by molar-refractivity contribution is 0.214. The fourth-order valence-electron chi connectivity index (χ4n) is 1.64. The largest absolute Gasteiger partial charge is 0.488 e. The second-order valence-corrected chi connectivity index (χ2v) is 5.50. The maximum absolute atomic E-state index is 5.89. The molecule has 0 aliphatic rings. The van der Waals surface area contributed by atoms with E-state index in [1.54, 1.807) is 6.26 Å². The van der Waals surface area contributed by atoms with E-state index in [2.05, 4.69) is 21.2 Å². The number of benzene rings is 1. The van der Waals surface area contributed by atoms with Crippen molar-refractivity contribution < 1.29 is 9.15 Å². The van der Waals surface area contributed by atoms with Crippen LogP contribution < -0.4 is 10.1 Å². The zero-order valence-electron chi connectivity index (χ0n) is 10.5. The molecule has 0 aliphatic carbocycles. The van der Waals surface area contributed by atoms with Crippen molar-refractivity contribution in [2.75, 3.05) is 6.54 Å².